The van der Waals surface area contributed by atoms with Crippen molar-refractivity contribution in [3.8, 4) is 11.5 Å². The van der Waals surface area contributed by atoms with Gasteiger partial charge in [-0.1, -0.05) is 6.07 Å². The molecule has 0 aromatic heterocycles. The van der Waals surface area contributed by atoms with Gasteiger partial charge in [0.05, 0.1) is 7.11 Å². The maximum atomic E-state index is 9.64. The monoisotopic (exact) mass is 221 g/mol. The van der Waals surface area contributed by atoms with Crippen molar-refractivity contribution in [2.75, 3.05) is 7.11 Å². The Kier molecular flexibility index (Phi) is 3.06. The fourth-order valence-corrected chi connectivity index (χ4v) is 2.04. The Balaban J connectivity index is 1.97. The van der Waals surface area contributed by atoms with Crippen molar-refractivity contribution >= 4 is 0 Å². The Bertz CT molecular complexity index is 372. The van der Waals surface area contributed by atoms with Crippen LogP contribution in [0.5, 0.6) is 11.5 Å². The van der Waals surface area contributed by atoms with Crippen LogP contribution in [-0.4, -0.2) is 17.8 Å². The van der Waals surface area contributed by atoms with Crippen LogP contribution < -0.4 is 10.1 Å². The number of methoxy groups -OCH3 is 1. The minimum atomic E-state index is 0.209. The van der Waals surface area contributed by atoms with Crippen molar-refractivity contribution in [3.63, 3.8) is 0 Å². The molecule has 3 heteroatoms. The van der Waals surface area contributed by atoms with E-state index >= 15 is 0 Å². The summed E-state index contributed by atoms with van der Waals surface area (Å²) in [5.41, 5.74) is 1.39. The zero-order chi connectivity index (χ0) is 11.6. The van der Waals surface area contributed by atoms with Crippen LogP contribution in [0.3, 0.4) is 0 Å². The lowest BCUT2D eigenvalue weighted by molar-refractivity contribution is 0.206. The average Bonchev–Trinajstić information content (AvgIpc) is 2.24. The van der Waals surface area contributed by atoms with Crippen LogP contribution in [0.15, 0.2) is 18.2 Å². The topological polar surface area (TPSA) is 41.5 Å². The van der Waals surface area contributed by atoms with E-state index in [0.29, 0.717) is 11.3 Å². The predicted molar refractivity (Wildman–Crippen MR) is 63.8 cm³/mol. The second-order valence-electron chi connectivity index (χ2n) is 4.77. The van der Waals surface area contributed by atoms with Crippen LogP contribution in [-0.2, 0) is 6.54 Å². The molecule has 0 unspecified atom stereocenters. The van der Waals surface area contributed by atoms with Crippen molar-refractivity contribution in [2.45, 2.75) is 38.3 Å². The molecule has 1 aromatic rings. The molecule has 1 aliphatic rings. The molecule has 0 radical (unpaired) electrons. The quantitative estimate of drug-likeness (QED) is 0.820. The summed E-state index contributed by atoms with van der Waals surface area (Å²) >= 11 is 0. The minimum absolute atomic E-state index is 0.209. The van der Waals surface area contributed by atoms with Gasteiger partial charge in [0.2, 0.25) is 0 Å². The third-order valence-electron chi connectivity index (χ3n) is 3.42. The van der Waals surface area contributed by atoms with Gasteiger partial charge in [0.15, 0.2) is 11.5 Å². The lowest BCUT2D eigenvalue weighted by Gasteiger charge is -2.39. The van der Waals surface area contributed by atoms with Gasteiger partial charge >= 0.3 is 0 Å². The highest BCUT2D eigenvalue weighted by Gasteiger charge is 2.30. The second kappa shape index (κ2) is 4.34. The first-order valence-electron chi connectivity index (χ1n) is 5.74. The second-order valence-corrected chi connectivity index (χ2v) is 4.77. The summed E-state index contributed by atoms with van der Waals surface area (Å²) < 4.78 is 5.01. The Hall–Kier alpha value is -1.22. The molecule has 0 bridgehead atoms. The van der Waals surface area contributed by atoms with Crippen LogP contribution in [0, 0.1) is 0 Å². The predicted octanol–water partition coefficient (Wildman–Crippen LogP) is 2.43. The lowest BCUT2D eigenvalue weighted by atomic mass is 9.78. The first-order valence-corrected chi connectivity index (χ1v) is 5.74. The molecule has 1 fully saturated rings. The van der Waals surface area contributed by atoms with Crippen molar-refractivity contribution in [3.05, 3.63) is 23.8 Å². The van der Waals surface area contributed by atoms with Crippen LogP contribution >= 0.6 is 0 Å². The Morgan fingerprint density at radius 2 is 2.19 bits per heavy atom. The number of benzene rings is 1. The zero-order valence-corrected chi connectivity index (χ0v) is 9.92. The summed E-state index contributed by atoms with van der Waals surface area (Å²) in [5.74, 6) is 0.735. The summed E-state index contributed by atoms with van der Waals surface area (Å²) in [4.78, 5) is 0. The van der Waals surface area contributed by atoms with E-state index in [-0.39, 0.29) is 5.75 Å². The summed E-state index contributed by atoms with van der Waals surface area (Å²) in [6.07, 6.45) is 3.81. The van der Waals surface area contributed by atoms with Crippen LogP contribution in [0.25, 0.3) is 0 Å². The van der Waals surface area contributed by atoms with E-state index in [0.717, 1.165) is 12.1 Å². The molecule has 16 heavy (non-hydrogen) atoms. The van der Waals surface area contributed by atoms with E-state index in [1.165, 1.54) is 19.3 Å². The van der Waals surface area contributed by atoms with Crippen LogP contribution in [0.1, 0.15) is 31.7 Å². The molecule has 0 spiro atoms. The third-order valence-corrected chi connectivity index (χ3v) is 3.42. The standard InChI is InChI=1S/C13H19NO2/c1-13(6-3-7-13)14-9-10-4-5-12(16-2)11(15)8-10/h4-5,8,14-15H,3,6-7,9H2,1-2H3. The molecule has 0 amide bonds. The number of aromatic hydroxyl groups is 1. The van der Waals surface area contributed by atoms with Gasteiger partial charge < -0.3 is 15.2 Å². The Morgan fingerprint density at radius 1 is 1.44 bits per heavy atom. The van der Waals surface area contributed by atoms with Gasteiger partial charge in [0, 0.05) is 12.1 Å². The highest BCUT2D eigenvalue weighted by atomic mass is 16.5. The number of hydrogen-bond donors (Lipinski definition) is 2. The van der Waals surface area contributed by atoms with Crippen molar-refractivity contribution in [1.29, 1.82) is 0 Å². The number of rotatable bonds is 4. The molecular formula is C13H19NO2. The molecule has 2 rings (SSSR count). The average molecular weight is 221 g/mol. The lowest BCUT2D eigenvalue weighted by Crippen LogP contribution is -2.47. The van der Waals surface area contributed by atoms with Gasteiger partial charge in [0.25, 0.3) is 0 Å². The fourth-order valence-electron chi connectivity index (χ4n) is 2.04. The molecular weight excluding hydrogens is 202 g/mol. The van der Waals surface area contributed by atoms with Gasteiger partial charge in [-0.25, -0.2) is 0 Å². The molecule has 1 saturated carbocycles. The number of nitrogens with one attached hydrogen (secondary N) is 1. The molecule has 0 heterocycles. The Morgan fingerprint density at radius 3 is 2.69 bits per heavy atom. The number of hydrogen-bond acceptors (Lipinski definition) is 3. The molecule has 1 aliphatic carbocycles. The first kappa shape index (κ1) is 11.3. The smallest absolute Gasteiger partial charge is 0.160 e. The van der Waals surface area contributed by atoms with E-state index in [1.807, 2.05) is 6.07 Å². The van der Waals surface area contributed by atoms with E-state index < -0.39 is 0 Å². The van der Waals surface area contributed by atoms with Gasteiger partial charge in [-0.15, -0.1) is 0 Å². The summed E-state index contributed by atoms with van der Waals surface area (Å²) in [6.45, 7) is 3.05. The maximum Gasteiger partial charge on any atom is 0.160 e. The Labute approximate surface area is 96.4 Å². The highest BCUT2D eigenvalue weighted by molar-refractivity contribution is 5.41. The van der Waals surface area contributed by atoms with E-state index in [2.05, 4.69) is 12.2 Å². The molecule has 2 N–H and O–H groups in total. The van der Waals surface area contributed by atoms with Crippen LogP contribution in [0.2, 0.25) is 0 Å². The van der Waals surface area contributed by atoms with Crippen molar-refractivity contribution < 1.29 is 9.84 Å². The van der Waals surface area contributed by atoms with E-state index in [4.69, 9.17) is 4.74 Å². The fraction of sp³-hybridized carbons (Fsp3) is 0.538. The van der Waals surface area contributed by atoms with Gasteiger partial charge in [0.1, 0.15) is 0 Å². The molecule has 0 aliphatic heterocycles. The molecule has 0 saturated heterocycles. The van der Waals surface area contributed by atoms with Gasteiger partial charge in [-0.05, 0) is 43.9 Å². The normalized spacial score (nSPS) is 17.9. The van der Waals surface area contributed by atoms with Crippen LogP contribution in [0.4, 0.5) is 0 Å². The molecule has 88 valence electrons. The largest absolute Gasteiger partial charge is 0.504 e. The van der Waals surface area contributed by atoms with Crippen molar-refractivity contribution in [1.82, 2.24) is 5.32 Å². The highest BCUT2D eigenvalue weighted by Crippen LogP contribution is 2.32. The van der Waals surface area contributed by atoms with Crippen molar-refractivity contribution in [2.24, 2.45) is 0 Å². The number of phenols is 1. The molecule has 3 nitrogen and oxygen atoms in total. The summed E-state index contributed by atoms with van der Waals surface area (Å²) in [6, 6.07) is 5.54. The number of phenolic OH excluding ortho intramolecular Hbond substituents is 1. The number of ether oxygens (including phenoxy) is 1. The molecule has 0 atom stereocenters. The first-order chi connectivity index (χ1) is 7.63. The SMILES string of the molecule is COc1ccc(CNC2(C)CCC2)cc1O. The minimum Gasteiger partial charge on any atom is -0.504 e. The summed E-state index contributed by atoms with van der Waals surface area (Å²) in [7, 11) is 1.56. The van der Waals surface area contributed by atoms with E-state index in [1.54, 1.807) is 19.2 Å². The maximum absolute atomic E-state index is 9.64. The zero-order valence-electron chi connectivity index (χ0n) is 9.92. The molecule has 1 aromatic carbocycles. The third kappa shape index (κ3) is 2.30. The summed E-state index contributed by atoms with van der Waals surface area (Å²) in [5, 5.41) is 13.2. The van der Waals surface area contributed by atoms with Gasteiger partial charge in [-0.2, -0.15) is 0 Å². The van der Waals surface area contributed by atoms with Gasteiger partial charge in [-0.3, -0.25) is 0 Å². The van der Waals surface area contributed by atoms with E-state index in [9.17, 15) is 5.11 Å².